The van der Waals surface area contributed by atoms with Crippen molar-refractivity contribution in [1.82, 2.24) is 4.98 Å². The van der Waals surface area contributed by atoms with Crippen molar-refractivity contribution in [2.24, 2.45) is 5.73 Å². The summed E-state index contributed by atoms with van der Waals surface area (Å²) in [5.74, 6) is -0.405. The summed E-state index contributed by atoms with van der Waals surface area (Å²) < 4.78 is 0. The van der Waals surface area contributed by atoms with Crippen LogP contribution < -0.4 is 11.5 Å². The smallest absolute Gasteiger partial charge is 0.252 e. The van der Waals surface area contributed by atoms with E-state index in [0.29, 0.717) is 0 Å². The second kappa shape index (κ2) is 4.25. The number of primary amides is 1. The zero-order chi connectivity index (χ0) is 12.4. The van der Waals surface area contributed by atoms with Gasteiger partial charge in [-0.2, -0.15) is 0 Å². The van der Waals surface area contributed by atoms with E-state index in [0.717, 1.165) is 11.1 Å². The summed E-state index contributed by atoms with van der Waals surface area (Å²) in [7, 11) is 0. The first-order chi connectivity index (χ1) is 8.08. The molecule has 1 heterocycles. The molecule has 4 heteroatoms. The third-order valence-electron chi connectivity index (χ3n) is 2.57. The van der Waals surface area contributed by atoms with Gasteiger partial charge in [0.2, 0.25) is 0 Å². The lowest BCUT2D eigenvalue weighted by Crippen LogP contribution is -2.14. The Hall–Kier alpha value is -2.36. The van der Waals surface area contributed by atoms with Gasteiger partial charge < -0.3 is 11.5 Å². The normalized spacial score (nSPS) is 10.2. The summed E-state index contributed by atoms with van der Waals surface area (Å²) in [5.41, 5.74) is 14.0. The molecule has 0 unspecified atom stereocenters. The van der Waals surface area contributed by atoms with Gasteiger partial charge in [-0.1, -0.05) is 29.8 Å². The predicted octanol–water partition coefficient (Wildman–Crippen LogP) is 1.74. The Kier molecular flexibility index (Phi) is 2.78. The van der Waals surface area contributed by atoms with Crippen molar-refractivity contribution in [3.05, 3.63) is 47.7 Å². The number of carbonyl (C=O) groups is 1. The van der Waals surface area contributed by atoms with Crippen molar-refractivity contribution >= 4 is 11.7 Å². The van der Waals surface area contributed by atoms with Gasteiger partial charge in [0.05, 0.1) is 5.56 Å². The Morgan fingerprint density at radius 3 is 2.41 bits per heavy atom. The van der Waals surface area contributed by atoms with Gasteiger partial charge in [0, 0.05) is 11.8 Å². The maximum absolute atomic E-state index is 11.2. The molecule has 0 atom stereocenters. The Bertz CT molecular complexity index is 561. The Balaban J connectivity index is 2.50. The summed E-state index contributed by atoms with van der Waals surface area (Å²) in [6, 6.07) is 9.58. The molecule has 1 aromatic heterocycles. The number of carbonyl (C=O) groups excluding carboxylic acids is 1. The van der Waals surface area contributed by atoms with E-state index >= 15 is 0 Å². The molecule has 0 bridgehead atoms. The van der Waals surface area contributed by atoms with Crippen LogP contribution in [0, 0.1) is 6.92 Å². The molecule has 1 aromatic carbocycles. The summed E-state index contributed by atoms with van der Waals surface area (Å²) in [5, 5.41) is 0. The van der Waals surface area contributed by atoms with Crippen LogP contribution in [-0.4, -0.2) is 10.9 Å². The number of nitrogens with zero attached hydrogens (tertiary/aromatic N) is 1. The lowest BCUT2D eigenvalue weighted by Gasteiger charge is -2.05. The topological polar surface area (TPSA) is 82.0 Å². The van der Waals surface area contributed by atoms with E-state index in [4.69, 9.17) is 11.5 Å². The number of nitrogens with two attached hydrogens (primary N) is 2. The molecule has 0 radical (unpaired) electrons. The van der Waals surface area contributed by atoms with E-state index in [9.17, 15) is 4.79 Å². The quantitative estimate of drug-likeness (QED) is 0.819. The van der Waals surface area contributed by atoms with Crippen LogP contribution in [0.25, 0.3) is 11.1 Å². The van der Waals surface area contributed by atoms with Gasteiger partial charge in [0.25, 0.3) is 5.91 Å². The average molecular weight is 227 g/mol. The molecule has 0 spiro atoms. The number of aromatic nitrogens is 1. The second-order valence-corrected chi connectivity index (χ2v) is 3.89. The summed E-state index contributed by atoms with van der Waals surface area (Å²) in [4.78, 5) is 15.1. The van der Waals surface area contributed by atoms with E-state index in [1.54, 1.807) is 12.3 Å². The second-order valence-electron chi connectivity index (χ2n) is 3.89. The van der Waals surface area contributed by atoms with Crippen molar-refractivity contribution in [3.63, 3.8) is 0 Å². The van der Waals surface area contributed by atoms with Gasteiger partial charge >= 0.3 is 0 Å². The SMILES string of the molecule is Cc1ccc(-c2cnc(N)c(C(N)=O)c2)cc1. The van der Waals surface area contributed by atoms with Crippen LogP contribution in [0.15, 0.2) is 36.5 Å². The molecule has 1 amide bonds. The highest BCUT2D eigenvalue weighted by atomic mass is 16.1. The molecule has 2 aromatic rings. The third-order valence-corrected chi connectivity index (χ3v) is 2.57. The number of anilines is 1. The fraction of sp³-hybridized carbons (Fsp3) is 0.0769. The first-order valence-corrected chi connectivity index (χ1v) is 5.20. The highest BCUT2D eigenvalue weighted by Crippen LogP contribution is 2.22. The van der Waals surface area contributed by atoms with Crippen molar-refractivity contribution < 1.29 is 4.79 Å². The molecule has 0 aliphatic heterocycles. The number of benzene rings is 1. The van der Waals surface area contributed by atoms with E-state index in [1.807, 2.05) is 31.2 Å². The molecule has 0 saturated carbocycles. The first-order valence-electron chi connectivity index (χ1n) is 5.20. The van der Waals surface area contributed by atoms with E-state index in [2.05, 4.69) is 4.98 Å². The molecule has 0 fully saturated rings. The molecule has 0 saturated heterocycles. The Morgan fingerprint density at radius 2 is 1.82 bits per heavy atom. The summed E-state index contributed by atoms with van der Waals surface area (Å²) in [6.45, 7) is 2.01. The van der Waals surface area contributed by atoms with E-state index in [1.165, 1.54) is 5.56 Å². The predicted molar refractivity (Wildman–Crippen MR) is 67.3 cm³/mol. The van der Waals surface area contributed by atoms with Gasteiger partial charge in [-0.25, -0.2) is 4.98 Å². The maximum Gasteiger partial charge on any atom is 0.252 e. The van der Waals surface area contributed by atoms with E-state index < -0.39 is 5.91 Å². The van der Waals surface area contributed by atoms with Crippen LogP contribution in [-0.2, 0) is 0 Å². The monoisotopic (exact) mass is 227 g/mol. The Labute approximate surface area is 99.3 Å². The standard InChI is InChI=1S/C13H13N3O/c1-8-2-4-9(5-3-8)10-6-11(13(15)17)12(14)16-7-10/h2-7H,1H3,(H2,14,16)(H2,15,17). The van der Waals surface area contributed by atoms with E-state index in [-0.39, 0.29) is 11.4 Å². The number of aryl methyl sites for hydroxylation is 1. The third kappa shape index (κ3) is 2.25. The average Bonchev–Trinajstić information content (AvgIpc) is 2.30. The first kappa shape index (κ1) is 11.1. The minimum Gasteiger partial charge on any atom is -0.383 e. The summed E-state index contributed by atoms with van der Waals surface area (Å²) >= 11 is 0. The van der Waals surface area contributed by atoms with Crippen molar-refractivity contribution in [2.75, 3.05) is 5.73 Å². The number of rotatable bonds is 2. The Morgan fingerprint density at radius 1 is 1.18 bits per heavy atom. The van der Waals surface area contributed by atoms with Gasteiger partial charge in [-0.3, -0.25) is 4.79 Å². The molecule has 0 aliphatic carbocycles. The minimum atomic E-state index is -0.566. The van der Waals surface area contributed by atoms with Crippen LogP contribution in [0.5, 0.6) is 0 Å². The van der Waals surface area contributed by atoms with Crippen molar-refractivity contribution in [1.29, 1.82) is 0 Å². The fourth-order valence-electron chi connectivity index (χ4n) is 1.58. The van der Waals surface area contributed by atoms with Crippen LogP contribution in [0.4, 0.5) is 5.82 Å². The lowest BCUT2D eigenvalue weighted by molar-refractivity contribution is 0.100. The van der Waals surface area contributed by atoms with Gasteiger partial charge in [0.1, 0.15) is 5.82 Å². The lowest BCUT2D eigenvalue weighted by atomic mass is 10.0. The highest BCUT2D eigenvalue weighted by molar-refractivity contribution is 5.98. The number of pyridine rings is 1. The van der Waals surface area contributed by atoms with Crippen LogP contribution in [0.2, 0.25) is 0 Å². The molecule has 4 N–H and O–H groups in total. The number of hydrogen-bond acceptors (Lipinski definition) is 3. The van der Waals surface area contributed by atoms with Gasteiger partial charge in [-0.05, 0) is 18.6 Å². The molecule has 4 nitrogen and oxygen atoms in total. The van der Waals surface area contributed by atoms with Gasteiger partial charge in [0.15, 0.2) is 0 Å². The molecule has 86 valence electrons. The molecule has 17 heavy (non-hydrogen) atoms. The van der Waals surface area contributed by atoms with Crippen LogP contribution >= 0.6 is 0 Å². The van der Waals surface area contributed by atoms with Crippen molar-refractivity contribution in [3.8, 4) is 11.1 Å². The molecule has 2 rings (SSSR count). The zero-order valence-corrected chi connectivity index (χ0v) is 9.47. The van der Waals surface area contributed by atoms with Crippen LogP contribution in [0.1, 0.15) is 15.9 Å². The zero-order valence-electron chi connectivity index (χ0n) is 9.47. The fourth-order valence-corrected chi connectivity index (χ4v) is 1.58. The number of hydrogen-bond donors (Lipinski definition) is 2. The van der Waals surface area contributed by atoms with Gasteiger partial charge in [-0.15, -0.1) is 0 Å². The minimum absolute atomic E-state index is 0.161. The molecule has 0 aliphatic rings. The largest absolute Gasteiger partial charge is 0.383 e. The van der Waals surface area contributed by atoms with Crippen LogP contribution in [0.3, 0.4) is 0 Å². The maximum atomic E-state index is 11.2. The summed E-state index contributed by atoms with van der Waals surface area (Å²) in [6.07, 6.45) is 1.63. The van der Waals surface area contributed by atoms with Crippen molar-refractivity contribution in [2.45, 2.75) is 6.92 Å². The number of nitrogen functional groups attached to an aromatic ring is 1. The number of amides is 1. The molecular formula is C13H13N3O. The highest BCUT2D eigenvalue weighted by Gasteiger charge is 2.08. The molecular weight excluding hydrogens is 214 g/mol.